The van der Waals surface area contributed by atoms with Gasteiger partial charge in [0.25, 0.3) is 10.2 Å². The van der Waals surface area contributed by atoms with Gasteiger partial charge >= 0.3 is 0 Å². The molecule has 1 heterocycles. The third-order valence-corrected chi connectivity index (χ3v) is 4.39. The molecule has 1 aliphatic rings. The number of benzene rings is 1. The smallest absolute Gasteiger partial charge is 0.299 e. The molecule has 1 amide bonds. The molecule has 0 radical (unpaired) electrons. The first-order valence-electron chi connectivity index (χ1n) is 6.49. The third kappa shape index (κ3) is 2.78. The lowest BCUT2D eigenvalue weighted by Gasteiger charge is -2.16. The Balaban J connectivity index is 2.26. The molecule has 3 N–H and O–H groups in total. The van der Waals surface area contributed by atoms with Gasteiger partial charge in [0, 0.05) is 12.2 Å². The molecule has 0 spiro atoms. The Kier molecular flexibility index (Phi) is 3.75. The molecule has 0 aliphatic carbocycles. The van der Waals surface area contributed by atoms with Crippen LogP contribution in [0.5, 0.6) is 0 Å². The minimum atomic E-state index is -3.57. The highest BCUT2D eigenvalue weighted by Gasteiger charge is 2.38. The Bertz CT molecular complexity index is 638. The number of anilines is 2. The van der Waals surface area contributed by atoms with E-state index < -0.39 is 15.6 Å². The Labute approximate surface area is 119 Å². The second-order valence-corrected chi connectivity index (χ2v) is 6.84. The van der Waals surface area contributed by atoms with E-state index in [1.54, 1.807) is 18.2 Å². The van der Waals surface area contributed by atoms with Crippen LogP contribution in [0.25, 0.3) is 0 Å². The number of carbonyl (C=O) groups is 1. The Hall–Kier alpha value is -1.60. The van der Waals surface area contributed by atoms with Gasteiger partial charge in [-0.2, -0.15) is 13.1 Å². The van der Waals surface area contributed by atoms with Crippen LogP contribution < -0.4 is 14.8 Å². The molecule has 0 unspecified atom stereocenters. The molecule has 1 aromatic rings. The average Bonchev–Trinajstić information content (AvgIpc) is 2.58. The molecule has 0 aromatic heterocycles. The van der Waals surface area contributed by atoms with E-state index in [1.807, 2.05) is 20.8 Å². The molecular weight excluding hydrogens is 278 g/mol. The number of hydrogen-bond donors (Lipinski definition) is 3. The summed E-state index contributed by atoms with van der Waals surface area (Å²) in [5, 5.41) is 2.78. The molecular formula is C13H19N3O3S. The predicted octanol–water partition coefficient (Wildman–Crippen LogP) is 1.57. The summed E-state index contributed by atoms with van der Waals surface area (Å²) in [4.78, 5) is 11.8. The average molecular weight is 297 g/mol. The van der Waals surface area contributed by atoms with Crippen molar-refractivity contribution in [3.05, 3.63) is 23.8 Å². The van der Waals surface area contributed by atoms with Crippen LogP contribution in [0.15, 0.2) is 18.2 Å². The Morgan fingerprint density at radius 1 is 1.30 bits per heavy atom. The predicted molar refractivity (Wildman–Crippen MR) is 78.9 cm³/mol. The maximum atomic E-state index is 11.8. The van der Waals surface area contributed by atoms with Crippen LogP contribution in [-0.4, -0.2) is 20.9 Å². The quantitative estimate of drug-likeness (QED) is 0.771. The molecule has 0 fully saturated rings. The number of nitrogens with one attached hydrogen (secondary N) is 3. The first-order valence-corrected chi connectivity index (χ1v) is 7.98. The van der Waals surface area contributed by atoms with Crippen molar-refractivity contribution in [2.24, 2.45) is 0 Å². The topological polar surface area (TPSA) is 87.3 Å². The van der Waals surface area contributed by atoms with E-state index >= 15 is 0 Å². The molecule has 110 valence electrons. The summed E-state index contributed by atoms with van der Waals surface area (Å²) < 4.78 is 28.5. The van der Waals surface area contributed by atoms with Gasteiger partial charge in [-0.25, -0.2) is 0 Å². The van der Waals surface area contributed by atoms with E-state index in [2.05, 4.69) is 14.8 Å². The van der Waals surface area contributed by atoms with Crippen molar-refractivity contribution in [2.75, 3.05) is 16.6 Å². The highest BCUT2D eigenvalue weighted by Crippen LogP contribution is 2.38. The first kappa shape index (κ1) is 14.8. The van der Waals surface area contributed by atoms with Gasteiger partial charge < -0.3 is 5.32 Å². The fourth-order valence-electron chi connectivity index (χ4n) is 2.06. The lowest BCUT2D eigenvalue weighted by atomic mass is 9.86. The van der Waals surface area contributed by atoms with Crippen molar-refractivity contribution in [2.45, 2.75) is 32.6 Å². The maximum absolute atomic E-state index is 11.8. The van der Waals surface area contributed by atoms with E-state index in [0.29, 0.717) is 12.2 Å². The van der Waals surface area contributed by atoms with Gasteiger partial charge in [-0.15, -0.1) is 0 Å². The van der Waals surface area contributed by atoms with Crippen molar-refractivity contribution in [3.63, 3.8) is 0 Å². The standard InChI is InChI=1S/C13H19N3O3S/c1-4-7-14-20(18,19)16-9-5-6-11-10(8-9)13(2,3)12(17)15-11/h5-6,8,14,16H,4,7H2,1-3H3,(H,15,17). The number of amides is 1. The van der Waals surface area contributed by atoms with Crippen LogP contribution in [0.4, 0.5) is 11.4 Å². The molecule has 1 aliphatic heterocycles. The van der Waals surface area contributed by atoms with Gasteiger partial charge in [-0.05, 0) is 44.0 Å². The van der Waals surface area contributed by atoms with Gasteiger partial charge in [0.15, 0.2) is 0 Å². The second kappa shape index (κ2) is 5.06. The SMILES string of the molecule is CCCNS(=O)(=O)Nc1ccc2c(c1)C(C)(C)C(=O)N2. The molecule has 0 atom stereocenters. The summed E-state index contributed by atoms with van der Waals surface area (Å²) in [6, 6.07) is 5.03. The molecule has 1 aromatic carbocycles. The van der Waals surface area contributed by atoms with Gasteiger partial charge in [0.2, 0.25) is 5.91 Å². The Morgan fingerprint density at radius 3 is 2.65 bits per heavy atom. The fraction of sp³-hybridized carbons (Fsp3) is 0.462. The monoisotopic (exact) mass is 297 g/mol. The van der Waals surface area contributed by atoms with Crippen LogP contribution in [0.2, 0.25) is 0 Å². The van der Waals surface area contributed by atoms with Gasteiger partial charge in [0.05, 0.1) is 11.1 Å². The summed E-state index contributed by atoms with van der Waals surface area (Å²) in [6.07, 6.45) is 0.719. The highest BCUT2D eigenvalue weighted by molar-refractivity contribution is 7.90. The van der Waals surface area contributed by atoms with E-state index in [9.17, 15) is 13.2 Å². The molecule has 0 bridgehead atoms. The van der Waals surface area contributed by atoms with Crippen molar-refractivity contribution < 1.29 is 13.2 Å². The number of rotatable bonds is 5. The zero-order valence-electron chi connectivity index (χ0n) is 11.8. The highest BCUT2D eigenvalue weighted by atomic mass is 32.2. The van der Waals surface area contributed by atoms with E-state index in [-0.39, 0.29) is 5.91 Å². The summed E-state index contributed by atoms with van der Waals surface area (Å²) in [5.41, 5.74) is 1.30. The summed E-state index contributed by atoms with van der Waals surface area (Å²) in [6.45, 7) is 5.88. The van der Waals surface area contributed by atoms with E-state index in [1.165, 1.54) is 0 Å². The third-order valence-electron chi connectivity index (χ3n) is 3.30. The molecule has 0 saturated heterocycles. The largest absolute Gasteiger partial charge is 0.325 e. The van der Waals surface area contributed by atoms with Gasteiger partial charge in [-0.1, -0.05) is 6.92 Å². The number of hydrogen-bond acceptors (Lipinski definition) is 3. The maximum Gasteiger partial charge on any atom is 0.299 e. The van der Waals surface area contributed by atoms with Gasteiger partial charge in [-0.3, -0.25) is 9.52 Å². The fourth-order valence-corrected chi connectivity index (χ4v) is 3.04. The zero-order chi connectivity index (χ0) is 15.0. The summed E-state index contributed by atoms with van der Waals surface area (Å²) in [5.74, 6) is -0.0865. The lowest BCUT2D eigenvalue weighted by molar-refractivity contribution is -0.119. The minimum Gasteiger partial charge on any atom is -0.325 e. The van der Waals surface area contributed by atoms with E-state index in [4.69, 9.17) is 0 Å². The Morgan fingerprint density at radius 2 is 2.00 bits per heavy atom. The number of fused-ring (bicyclic) bond motifs is 1. The summed E-state index contributed by atoms with van der Waals surface area (Å²) in [7, 11) is -3.57. The van der Waals surface area contributed by atoms with Crippen LogP contribution >= 0.6 is 0 Å². The first-order chi connectivity index (χ1) is 9.26. The molecule has 0 saturated carbocycles. The van der Waals surface area contributed by atoms with Crippen molar-refractivity contribution >= 4 is 27.5 Å². The molecule has 2 rings (SSSR count). The normalized spacial score (nSPS) is 16.6. The number of carbonyl (C=O) groups excluding carboxylic acids is 1. The summed E-state index contributed by atoms with van der Waals surface area (Å²) >= 11 is 0. The van der Waals surface area contributed by atoms with Crippen LogP contribution in [0, 0.1) is 0 Å². The van der Waals surface area contributed by atoms with Crippen LogP contribution in [0.1, 0.15) is 32.8 Å². The second-order valence-electron chi connectivity index (χ2n) is 5.34. The lowest BCUT2D eigenvalue weighted by Crippen LogP contribution is -2.31. The molecule has 7 heteroatoms. The molecule has 6 nitrogen and oxygen atoms in total. The van der Waals surface area contributed by atoms with E-state index in [0.717, 1.165) is 17.7 Å². The molecule has 20 heavy (non-hydrogen) atoms. The zero-order valence-corrected chi connectivity index (χ0v) is 12.6. The van der Waals surface area contributed by atoms with Crippen molar-refractivity contribution in [1.82, 2.24) is 4.72 Å². The minimum absolute atomic E-state index is 0.0865. The van der Waals surface area contributed by atoms with Crippen molar-refractivity contribution in [3.8, 4) is 0 Å². The van der Waals surface area contributed by atoms with Gasteiger partial charge in [0.1, 0.15) is 0 Å². The van der Waals surface area contributed by atoms with Crippen LogP contribution in [-0.2, 0) is 20.4 Å². The van der Waals surface area contributed by atoms with Crippen LogP contribution in [0.3, 0.4) is 0 Å². The van der Waals surface area contributed by atoms with Crippen molar-refractivity contribution in [1.29, 1.82) is 0 Å².